The van der Waals surface area contributed by atoms with Gasteiger partial charge in [0.2, 0.25) is 5.76 Å². The molecule has 1 heterocycles. The Morgan fingerprint density at radius 3 is 2.83 bits per heavy atom. The van der Waals surface area contributed by atoms with Gasteiger partial charge in [-0.05, 0) is 31.4 Å². The second-order valence-electron chi connectivity index (χ2n) is 3.97. The van der Waals surface area contributed by atoms with Crippen molar-refractivity contribution in [2.45, 2.75) is 19.3 Å². The molecule has 0 atom stereocenters. The van der Waals surface area contributed by atoms with Gasteiger partial charge in [0.25, 0.3) is 0 Å². The molecular formula is C14H14BrNO2. The first-order chi connectivity index (χ1) is 8.86. The van der Waals surface area contributed by atoms with Crippen LogP contribution in [0.4, 0.5) is 0 Å². The fourth-order valence-corrected chi connectivity index (χ4v) is 2.18. The third kappa shape index (κ3) is 2.85. The Kier molecular flexibility index (Phi) is 4.66. The van der Waals surface area contributed by atoms with Crippen molar-refractivity contribution in [3.05, 3.63) is 30.0 Å². The zero-order chi connectivity index (χ0) is 12.8. The Morgan fingerprint density at radius 1 is 1.22 bits per heavy atom. The highest BCUT2D eigenvalue weighted by Gasteiger charge is 2.14. The van der Waals surface area contributed by atoms with Crippen molar-refractivity contribution in [1.82, 2.24) is 0 Å². The van der Waals surface area contributed by atoms with Gasteiger partial charge in [0, 0.05) is 5.33 Å². The Bertz CT molecular complexity index is 556. The van der Waals surface area contributed by atoms with Crippen LogP contribution >= 0.6 is 15.9 Å². The van der Waals surface area contributed by atoms with Crippen LogP contribution in [0.3, 0.4) is 0 Å². The monoisotopic (exact) mass is 307 g/mol. The molecule has 1 aromatic carbocycles. The normalized spacial score (nSPS) is 10.4. The third-order valence-corrected chi connectivity index (χ3v) is 3.24. The van der Waals surface area contributed by atoms with Crippen LogP contribution < -0.4 is 4.74 Å². The van der Waals surface area contributed by atoms with E-state index in [9.17, 15) is 0 Å². The molecule has 0 fully saturated rings. The van der Waals surface area contributed by atoms with Gasteiger partial charge < -0.3 is 9.15 Å². The first kappa shape index (κ1) is 13.0. The lowest BCUT2D eigenvalue weighted by Gasteiger charge is -2.03. The number of fused-ring (bicyclic) bond motifs is 1. The molecule has 0 saturated carbocycles. The highest BCUT2D eigenvalue weighted by atomic mass is 79.9. The molecule has 1 aromatic heterocycles. The summed E-state index contributed by atoms with van der Waals surface area (Å²) in [7, 11) is 0. The highest BCUT2D eigenvalue weighted by Crippen LogP contribution is 2.32. The molecule has 0 spiro atoms. The van der Waals surface area contributed by atoms with E-state index in [-0.39, 0.29) is 5.76 Å². The van der Waals surface area contributed by atoms with E-state index in [0.717, 1.165) is 30.0 Å². The van der Waals surface area contributed by atoms with E-state index >= 15 is 0 Å². The van der Waals surface area contributed by atoms with Gasteiger partial charge in [-0.25, -0.2) is 0 Å². The summed E-state index contributed by atoms with van der Waals surface area (Å²) in [6.45, 7) is 0.616. The largest absolute Gasteiger partial charge is 0.488 e. The lowest BCUT2D eigenvalue weighted by atomic mass is 10.2. The van der Waals surface area contributed by atoms with Crippen molar-refractivity contribution in [2.75, 3.05) is 11.9 Å². The minimum absolute atomic E-state index is 0.261. The molecule has 4 heteroatoms. The van der Waals surface area contributed by atoms with Gasteiger partial charge in [-0.2, -0.15) is 5.26 Å². The summed E-state index contributed by atoms with van der Waals surface area (Å²) in [4.78, 5) is 0. The summed E-state index contributed by atoms with van der Waals surface area (Å²) in [6.07, 6.45) is 3.24. The van der Waals surface area contributed by atoms with Crippen LogP contribution in [-0.2, 0) is 0 Å². The van der Waals surface area contributed by atoms with Crippen molar-refractivity contribution in [3.63, 3.8) is 0 Å². The fourth-order valence-electron chi connectivity index (χ4n) is 1.79. The average Bonchev–Trinajstić information content (AvgIpc) is 2.77. The van der Waals surface area contributed by atoms with Gasteiger partial charge in [0.05, 0.1) is 12.0 Å². The molecule has 2 rings (SSSR count). The van der Waals surface area contributed by atoms with Crippen LogP contribution in [0.15, 0.2) is 28.7 Å². The van der Waals surface area contributed by atoms with E-state index in [1.54, 1.807) is 0 Å². The number of para-hydroxylation sites is 1. The smallest absolute Gasteiger partial charge is 0.246 e. The van der Waals surface area contributed by atoms with Crippen molar-refractivity contribution in [2.24, 2.45) is 0 Å². The molecule has 3 nitrogen and oxygen atoms in total. The maximum atomic E-state index is 9.03. The SMILES string of the molecule is N#Cc1oc2ccccc2c1OCCCCCBr. The van der Waals surface area contributed by atoms with Gasteiger partial charge in [-0.1, -0.05) is 28.1 Å². The fraction of sp³-hybridized carbons (Fsp3) is 0.357. The summed E-state index contributed by atoms with van der Waals surface area (Å²) in [5.74, 6) is 0.837. The highest BCUT2D eigenvalue weighted by molar-refractivity contribution is 9.09. The molecule has 94 valence electrons. The van der Waals surface area contributed by atoms with Gasteiger partial charge in [0.15, 0.2) is 5.75 Å². The molecular weight excluding hydrogens is 294 g/mol. The van der Waals surface area contributed by atoms with Crippen molar-refractivity contribution in [3.8, 4) is 11.8 Å². The van der Waals surface area contributed by atoms with Crippen LogP contribution in [-0.4, -0.2) is 11.9 Å². The lowest BCUT2D eigenvalue weighted by molar-refractivity contribution is 0.304. The van der Waals surface area contributed by atoms with Crippen molar-refractivity contribution < 1.29 is 9.15 Å². The molecule has 18 heavy (non-hydrogen) atoms. The molecule has 0 N–H and O–H groups in total. The first-order valence-electron chi connectivity index (χ1n) is 5.97. The molecule has 0 aliphatic rings. The maximum absolute atomic E-state index is 9.03. The number of halogens is 1. The lowest BCUT2D eigenvalue weighted by Crippen LogP contribution is -1.98. The van der Waals surface area contributed by atoms with E-state index < -0.39 is 0 Å². The maximum Gasteiger partial charge on any atom is 0.246 e. The number of hydrogen-bond acceptors (Lipinski definition) is 3. The Balaban J connectivity index is 2.09. The second-order valence-corrected chi connectivity index (χ2v) is 4.76. The van der Waals surface area contributed by atoms with Crippen LogP contribution in [0.25, 0.3) is 11.0 Å². The van der Waals surface area contributed by atoms with Gasteiger partial charge in [-0.15, -0.1) is 0 Å². The van der Waals surface area contributed by atoms with Crippen LogP contribution in [0.2, 0.25) is 0 Å². The number of nitriles is 1. The predicted octanol–water partition coefficient (Wildman–Crippen LogP) is 4.25. The van der Waals surface area contributed by atoms with Crippen molar-refractivity contribution >= 4 is 26.9 Å². The van der Waals surface area contributed by atoms with E-state index in [2.05, 4.69) is 15.9 Å². The number of rotatable bonds is 6. The second kappa shape index (κ2) is 6.46. The minimum Gasteiger partial charge on any atom is -0.488 e. The molecule has 0 unspecified atom stereocenters. The summed E-state index contributed by atoms with van der Waals surface area (Å²) in [5, 5.41) is 10.9. The quantitative estimate of drug-likeness (QED) is 0.592. The van der Waals surface area contributed by atoms with Gasteiger partial charge in [-0.3, -0.25) is 0 Å². The Morgan fingerprint density at radius 2 is 2.06 bits per heavy atom. The van der Waals surface area contributed by atoms with E-state index in [0.29, 0.717) is 17.9 Å². The summed E-state index contributed by atoms with van der Waals surface area (Å²) >= 11 is 3.40. The van der Waals surface area contributed by atoms with E-state index in [4.69, 9.17) is 14.4 Å². The van der Waals surface area contributed by atoms with Crippen LogP contribution in [0.1, 0.15) is 25.0 Å². The molecule has 2 aromatic rings. The predicted molar refractivity (Wildman–Crippen MR) is 74.1 cm³/mol. The molecule has 0 aliphatic heterocycles. The van der Waals surface area contributed by atoms with Crippen molar-refractivity contribution in [1.29, 1.82) is 5.26 Å². The Labute approximate surface area is 114 Å². The van der Waals surface area contributed by atoms with Gasteiger partial charge >= 0.3 is 0 Å². The first-order valence-corrected chi connectivity index (χ1v) is 7.09. The summed E-state index contributed by atoms with van der Waals surface area (Å²) < 4.78 is 11.1. The molecule has 0 radical (unpaired) electrons. The van der Waals surface area contributed by atoms with Gasteiger partial charge in [0.1, 0.15) is 11.7 Å². The van der Waals surface area contributed by atoms with E-state index in [1.807, 2.05) is 30.3 Å². The molecule has 0 aliphatic carbocycles. The average molecular weight is 308 g/mol. The number of hydrogen-bond donors (Lipinski definition) is 0. The van der Waals surface area contributed by atoms with E-state index in [1.165, 1.54) is 0 Å². The number of nitrogens with zero attached hydrogens (tertiary/aromatic N) is 1. The molecule has 0 saturated heterocycles. The Hall–Kier alpha value is -1.47. The molecule has 0 amide bonds. The standard InChI is InChI=1S/C14H14BrNO2/c15-8-4-1-5-9-17-14-11-6-2-3-7-12(11)18-13(14)10-16/h2-3,6-7H,1,4-5,8-9H2. The zero-order valence-corrected chi connectivity index (χ0v) is 11.6. The third-order valence-electron chi connectivity index (χ3n) is 2.68. The number of alkyl halides is 1. The van der Waals surface area contributed by atoms with Crippen LogP contribution in [0, 0.1) is 11.3 Å². The number of unbranched alkanes of at least 4 members (excludes halogenated alkanes) is 2. The topological polar surface area (TPSA) is 46.2 Å². The summed E-state index contributed by atoms with van der Waals surface area (Å²) in [5.41, 5.74) is 0.699. The minimum atomic E-state index is 0.261. The number of furan rings is 1. The summed E-state index contributed by atoms with van der Waals surface area (Å²) in [6, 6.07) is 9.58. The number of benzene rings is 1. The van der Waals surface area contributed by atoms with Crippen LogP contribution in [0.5, 0.6) is 5.75 Å². The molecule has 0 bridgehead atoms. The number of ether oxygens (including phenoxy) is 1. The zero-order valence-electron chi connectivity index (χ0n) is 9.99.